The Bertz CT molecular complexity index is 89.6. The van der Waals surface area contributed by atoms with Crippen molar-refractivity contribution in [3.8, 4) is 0 Å². The maximum atomic E-state index is 5.09. The lowest BCUT2D eigenvalue weighted by Gasteiger charge is -2.20. The van der Waals surface area contributed by atoms with Gasteiger partial charge in [-0.2, -0.15) is 0 Å². The molecule has 1 saturated carbocycles. The average Bonchev–Trinajstić information content (AvgIpc) is 2.07. The Hall–Kier alpha value is -0.0800. The minimum absolute atomic E-state index is 0.876. The van der Waals surface area contributed by atoms with Crippen molar-refractivity contribution in [1.29, 1.82) is 0 Å². The van der Waals surface area contributed by atoms with Crippen molar-refractivity contribution < 1.29 is 4.84 Å². The standard InChI is InChI=1S/C9H19NO/c1-10-11-8-7-9-5-3-2-4-6-9/h9-10H,2-8H2,1H3. The molecule has 0 unspecified atom stereocenters. The summed E-state index contributed by atoms with van der Waals surface area (Å²) in [7, 11) is 1.82. The van der Waals surface area contributed by atoms with Crippen LogP contribution in [-0.2, 0) is 4.84 Å². The molecule has 1 N–H and O–H groups in total. The fraction of sp³-hybridized carbons (Fsp3) is 1.00. The van der Waals surface area contributed by atoms with Gasteiger partial charge in [0.2, 0.25) is 0 Å². The second-order valence-electron chi connectivity index (χ2n) is 3.35. The minimum Gasteiger partial charge on any atom is -0.302 e. The fourth-order valence-corrected chi connectivity index (χ4v) is 1.80. The lowest BCUT2D eigenvalue weighted by atomic mass is 9.87. The van der Waals surface area contributed by atoms with Crippen LogP contribution in [0.25, 0.3) is 0 Å². The van der Waals surface area contributed by atoms with Crippen molar-refractivity contribution >= 4 is 0 Å². The predicted molar refractivity (Wildman–Crippen MR) is 46.2 cm³/mol. The smallest absolute Gasteiger partial charge is 0.0684 e. The minimum atomic E-state index is 0.876. The largest absolute Gasteiger partial charge is 0.302 e. The molecule has 2 nitrogen and oxygen atoms in total. The molecule has 0 amide bonds. The van der Waals surface area contributed by atoms with Gasteiger partial charge in [0.1, 0.15) is 0 Å². The van der Waals surface area contributed by atoms with E-state index in [0.29, 0.717) is 0 Å². The van der Waals surface area contributed by atoms with Gasteiger partial charge in [-0.1, -0.05) is 32.1 Å². The van der Waals surface area contributed by atoms with E-state index in [2.05, 4.69) is 5.48 Å². The van der Waals surface area contributed by atoms with Crippen LogP contribution in [0.15, 0.2) is 0 Å². The molecule has 0 aromatic heterocycles. The van der Waals surface area contributed by atoms with Crippen molar-refractivity contribution in [2.24, 2.45) is 5.92 Å². The summed E-state index contributed by atoms with van der Waals surface area (Å²) in [5.74, 6) is 0.942. The van der Waals surface area contributed by atoms with Gasteiger partial charge in [0.05, 0.1) is 6.61 Å². The van der Waals surface area contributed by atoms with Crippen molar-refractivity contribution in [2.75, 3.05) is 13.7 Å². The molecule has 1 rings (SSSR count). The summed E-state index contributed by atoms with van der Waals surface area (Å²) in [6.45, 7) is 0.876. The van der Waals surface area contributed by atoms with E-state index in [1.165, 1.54) is 38.5 Å². The summed E-state index contributed by atoms with van der Waals surface area (Å²) in [5, 5.41) is 0. The van der Waals surface area contributed by atoms with Crippen LogP contribution in [0.1, 0.15) is 38.5 Å². The van der Waals surface area contributed by atoms with E-state index < -0.39 is 0 Å². The zero-order valence-corrected chi connectivity index (χ0v) is 7.44. The summed E-state index contributed by atoms with van der Waals surface area (Å²) in [6, 6.07) is 0. The SMILES string of the molecule is CNOCCC1CCCCC1. The average molecular weight is 157 g/mol. The normalized spacial score (nSPS) is 20.5. The molecule has 1 aliphatic rings. The van der Waals surface area contributed by atoms with Crippen LogP contribution in [0.4, 0.5) is 0 Å². The molecule has 1 aliphatic carbocycles. The first kappa shape index (κ1) is 9.01. The van der Waals surface area contributed by atoms with Crippen LogP contribution in [-0.4, -0.2) is 13.7 Å². The van der Waals surface area contributed by atoms with E-state index >= 15 is 0 Å². The first-order valence-electron chi connectivity index (χ1n) is 4.72. The maximum absolute atomic E-state index is 5.09. The quantitative estimate of drug-likeness (QED) is 0.498. The second kappa shape index (κ2) is 5.56. The molecule has 1 fully saturated rings. The van der Waals surface area contributed by atoms with Crippen molar-refractivity contribution in [2.45, 2.75) is 38.5 Å². The Balaban J connectivity index is 1.96. The molecule has 2 heteroatoms. The molecular formula is C9H19NO. The van der Waals surface area contributed by atoms with Crippen LogP contribution >= 0.6 is 0 Å². The van der Waals surface area contributed by atoms with Gasteiger partial charge in [-0.3, -0.25) is 0 Å². The molecule has 0 atom stereocenters. The lowest BCUT2D eigenvalue weighted by molar-refractivity contribution is 0.0452. The predicted octanol–water partition coefficient (Wildman–Crippen LogP) is 2.11. The second-order valence-corrected chi connectivity index (χ2v) is 3.35. The molecule has 0 heterocycles. The molecule has 0 spiro atoms. The molecule has 0 bridgehead atoms. The highest BCUT2D eigenvalue weighted by Gasteiger charge is 2.12. The Labute approximate surface area is 69.3 Å². The van der Waals surface area contributed by atoms with Crippen molar-refractivity contribution in [1.82, 2.24) is 5.48 Å². The molecule has 0 aliphatic heterocycles. The van der Waals surface area contributed by atoms with Crippen LogP contribution in [0.5, 0.6) is 0 Å². The number of hydrogen-bond acceptors (Lipinski definition) is 2. The number of rotatable bonds is 4. The van der Waals surface area contributed by atoms with Gasteiger partial charge in [-0.25, -0.2) is 5.48 Å². The monoisotopic (exact) mass is 157 g/mol. The third kappa shape index (κ3) is 3.73. The Morgan fingerprint density at radius 2 is 2.00 bits per heavy atom. The zero-order valence-electron chi connectivity index (χ0n) is 7.44. The maximum Gasteiger partial charge on any atom is 0.0684 e. The van der Waals surface area contributed by atoms with Gasteiger partial charge in [0, 0.05) is 7.05 Å². The third-order valence-corrected chi connectivity index (χ3v) is 2.50. The van der Waals surface area contributed by atoms with Crippen LogP contribution in [0, 0.1) is 5.92 Å². The van der Waals surface area contributed by atoms with Crippen LogP contribution < -0.4 is 5.48 Å². The van der Waals surface area contributed by atoms with Crippen molar-refractivity contribution in [3.63, 3.8) is 0 Å². The summed E-state index contributed by atoms with van der Waals surface area (Å²) in [5.41, 5.74) is 2.71. The molecule has 0 radical (unpaired) electrons. The fourth-order valence-electron chi connectivity index (χ4n) is 1.80. The third-order valence-electron chi connectivity index (χ3n) is 2.50. The van der Waals surface area contributed by atoms with Crippen LogP contribution in [0.3, 0.4) is 0 Å². The first-order chi connectivity index (χ1) is 5.43. The van der Waals surface area contributed by atoms with Gasteiger partial charge in [0.15, 0.2) is 0 Å². The van der Waals surface area contributed by atoms with Gasteiger partial charge in [0.25, 0.3) is 0 Å². The number of hydrogen-bond donors (Lipinski definition) is 1. The van der Waals surface area contributed by atoms with Gasteiger partial charge in [-0.05, 0) is 12.3 Å². The molecule has 11 heavy (non-hydrogen) atoms. The topological polar surface area (TPSA) is 21.3 Å². The first-order valence-corrected chi connectivity index (χ1v) is 4.72. The summed E-state index contributed by atoms with van der Waals surface area (Å²) in [4.78, 5) is 5.09. The highest BCUT2D eigenvalue weighted by Crippen LogP contribution is 2.25. The van der Waals surface area contributed by atoms with Gasteiger partial charge in [-0.15, -0.1) is 0 Å². The molecule has 66 valence electrons. The van der Waals surface area contributed by atoms with E-state index in [1.807, 2.05) is 7.05 Å². The van der Waals surface area contributed by atoms with E-state index in [4.69, 9.17) is 4.84 Å². The van der Waals surface area contributed by atoms with Gasteiger partial charge >= 0.3 is 0 Å². The van der Waals surface area contributed by atoms with E-state index in [0.717, 1.165) is 12.5 Å². The summed E-state index contributed by atoms with van der Waals surface area (Å²) < 4.78 is 0. The Morgan fingerprint density at radius 3 is 2.64 bits per heavy atom. The molecule has 0 aromatic rings. The highest BCUT2D eigenvalue weighted by atomic mass is 16.6. The van der Waals surface area contributed by atoms with Crippen molar-refractivity contribution in [3.05, 3.63) is 0 Å². The zero-order chi connectivity index (χ0) is 7.94. The van der Waals surface area contributed by atoms with Crippen LogP contribution in [0.2, 0.25) is 0 Å². The Kier molecular flexibility index (Phi) is 4.55. The van der Waals surface area contributed by atoms with E-state index in [1.54, 1.807) is 0 Å². The number of nitrogens with one attached hydrogen (secondary N) is 1. The molecule has 0 saturated heterocycles. The van der Waals surface area contributed by atoms with E-state index in [-0.39, 0.29) is 0 Å². The number of hydroxylamine groups is 1. The lowest BCUT2D eigenvalue weighted by Crippen LogP contribution is -2.13. The van der Waals surface area contributed by atoms with E-state index in [9.17, 15) is 0 Å². The summed E-state index contributed by atoms with van der Waals surface area (Å²) >= 11 is 0. The molecular weight excluding hydrogens is 138 g/mol. The molecule has 0 aromatic carbocycles. The summed E-state index contributed by atoms with van der Waals surface area (Å²) in [6.07, 6.45) is 8.40. The van der Waals surface area contributed by atoms with Gasteiger partial charge < -0.3 is 4.84 Å². The highest BCUT2D eigenvalue weighted by molar-refractivity contribution is 4.64. The Morgan fingerprint density at radius 1 is 1.27 bits per heavy atom.